The van der Waals surface area contributed by atoms with Gasteiger partial charge in [-0.1, -0.05) is 33.1 Å². The molecule has 0 aromatic carbocycles. The Morgan fingerprint density at radius 3 is 2.65 bits per heavy atom. The smallest absolute Gasteiger partial charge is 0.284 e. The van der Waals surface area contributed by atoms with E-state index in [2.05, 4.69) is 6.92 Å². The van der Waals surface area contributed by atoms with Crippen molar-refractivity contribution in [3.63, 3.8) is 0 Å². The molecule has 1 aromatic rings. The van der Waals surface area contributed by atoms with Crippen LogP contribution in [0.2, 0.25) is 0 Å². The number of unbranched alkanes of at least 4 members (excludes halogenated alkanes) is 2. The second-order valence-corrected chi connectivity index (χ2v) is 8.24. The standard InChI is InChI=1S/C16H27N3O3S/c1-3-4-5-8-12(2)13-11-14(22-15(13)16(17)20)23(18,21)19-9-6-7-10-19/h11-12,18H,3-10H2,1-2H3,(H2,17,20). The normalized spacial score (nSPS) is 19.6. The summed E-state index contributed by atoms with van der Waals surface area (Å²) in [7, 11) is -3.17. The predicted octanol–water partition coefficient (Wildman–Crippen LogP) is 3.48. The minimum absolute atomic E-state index is 0.0585. The molecule has 0 spiro atoms. The highest BCUT2D eigenvalue weighted by atomic mass is 32.2. The number of furan rings is 1. The highest BCUT2D eigenvalue weighted by molar-refractivity contribution is 7.90. The van der Waals surface area contributed by atoms with E-state index < -0.39 is 15.8 Å². The van der Waals surface area contributed by atoms with E-state index in [0.717, 1.165) is 38.5 Å². The predicted molar refractivity (Wildman–Crippen MR) is 89.7 cm³/mol. The summed E-state index contributed by atoms with van der Waals surface area (Å²) in [5, 5.41) is 0.0607. The number of amides is 1. The molecule has 1 aliphatic heterocycles. The van der Waals surface area contributed by atoms with Gasteiger partial charge in [-0.25, -0.2) is 13.3 Å². The first-order valence-corrected chi connectivity index (χ1v) is 9.86. The summed E-state index contributed by atoms with van der Waals surface area (Å²) in [6.07, 6.45) is 6.08. The van der Waals surface area contributed by atoms with Crippen LogP contribution in [0.3, 0.4) is 0 Å². The van der Waals surface area contributed by atoms with E-state index in [1.165, 1.54) is 0 Å². The Bertz CT molecular complexity index is 646. The summed E-state index contributed by atoms with van der Waals surface area (Å²) in [5.41, 5.74) is 6.10. The summed E-state index contributed by atoms with van der Waals surface area (Å²) in [6, 6.07) is 1.62. The first kappa shape index (κ1) is 18.0. The number of nitrogens with one attached hydrogen (secondary N) is 1. The highest BCUT2D eigenvalue weighted by Gasteiger charge is 2.30. The molecule has 1 saturated heterocycles. The van der Waals surface area contributed by atoms with Crippen LogP contribution in [0.4, 0.5) is 0 Å². The van der Waals surface area contributed by atoms with Crippen molar-refractivity contribution in [1.82, 2.24) is 4.31 Å². The molecule has 0 saturated carbocycles. The van der Waals surface area contributed by atoms with E-state index in [0.29, 0.717) is 18.7 Å². The molecule has 2 atom stereocenters. The lowest BCUT2D eigenvalue weighted by atomic mass is 9.95. The lowest BCUT2D eigenvalue weighted by molar-refractivity contribution is 0.0966. The third kappa shape index (κ3) is 3.95. The van der Waals surface area contributed by atoms with Crippen molar-refractivity contribution in [2.24, 2.45) is 5.73 Å². The van der Waals surface area contributed by atoms with Crippen LogP contribution in [-0.2, 0) is 9.92 Å². The maximum Gasteiger partial charge on any atom is 0.284 e. The topological polar surface area (TPSA) is 100 Å². The Hall–Kier alpha value is -1.34. The SMILES string of the molecule is CCCCCC(C)c1cc(S(=N)(=O)N2CCCC2)oc1C(N)=O. The van der Waals surface area contributed by atoms with Crippen molar-refractivity contribution in [2.75, 3.05) is 13.1 Å². The lowest BCUT2D eigenvalue weighted by Crippen LogP contribution is -2.26. The summed E-state index contributed by atoms with van der Waals surface area (Å²) >= 11 is 0. The van der Waals surface area contributed by atoms with Crippen molar-refractivity contribution in [3.05, 3.63) is 17.4 Å². The number of nitrogens with zero attached hydrogens (tertiary/aromatic N) is 1. The number of nitrogens with two attached hydrogens (primary N) is 1. The molecule has 130 valence electrons. The number of rotatable bonds is 8. The molecule has 1 aromatic heterocycles. The number of carbonyl (C=O) groups is 1. The molecule has 0 bridgehead atoms. The number of hydrogen-bond acceptors (Lipinski definition) is 4. The van der Waals surface area contributed by atoms with Crippen LogP contribution in [-0.4, -0.2) is 27.5 Å². The monoisotopic (exact) mass is 341 g/mol. The maximum atomic E-state index is 12.8. The third-order valence-corrected chi connectivity index (χ3v) is 6.27. The van der Waals surface area contributed by atoms with E-state index in [4.69, 9.17) is 14.9 Å². The zero-order chi connectivity index (χ0) is 17.0. The molecule has 2 unspecified atom stereocenters. The molecular formula is C16H27N3O3S. The van der Waals surface area contributed by atoms with Gasteiger partial charge >= 0.3 is 0 Å². The Balaban J connectivity index is 2.29. The number of hydrogen-bond donors (Lipinski definition) is 2. The van der Waals surface area contributed by atoms with Crippen molar-refractivity contribution in [2.45, 2.75) is 63.4 Å². The number of carbonyl (C=O) groups excluding carboxylic acids is 1. The van der Waals surface area contributed by atoms with Gasteiger partial charge in [0.2, 0.25) is 5.09 Å². The quantitative estimate of drug-likeness (QED) is 0.708. The van der Waals surface area contributed by atoms with Gasteiger partial charge in [-0.05, 0) is 31.2 Å². The molecule has 0 aliphatic carbocycles. The zero-order valence-electron chi connectivity index (χ0n) is 14.0. The van der Waals surface area contributed by atoms with Crippen LogP contribution in [0.15, 0.2) is 15.6 Å². The van der Waals surface area contributed by atoms with Crippen molar-refractivity contribution >= 4 is 15.8 Å². The summed E-state index contributed by atoms with van der Waals surface area (Å²) < 4.78 is 28.2. The Morgan fingerprint density at radius 2 is 2.09 bits per heavy atom. The van der Waals surface area contributed by atoms with Gasteiger partial charge in [-0.3, -0.25) is 4.79 Å². The Kier molecular flexibility index (Phi) is 5.86. The molecule has 1 amide bonds. The van der Waals surface area contributed by atoms with Crippen LogP contribution in [0, 0.1) is 4.78 Å². The zero-order valence-corrected chi connectivity index (χ0v) is 14.8. The minimum Gasteiger partial charge on any atom is -0.440 e. The fraction of sp³-hybridized carbons (Fsp3) is 0.688. The van der Waals surface area contributed by atoms with Gasteiger partial charge < -0.3 is 10.2 Å². The van der Waals surface area contributed by atoms with Gasteiger partial charge in [-0.2, -0.15) is 0 Å². The van der Waals surface area contributed by atoms with E-state index >= 15 is 0 Å². The fourth-order valence-corrected chi connectivity index (χ4v) is 4.51. The second-order valence-electron chi connectivity index (χ2n) is 6.27. The van der Waals surface area contributed by atoms with E-state index in [9.17, 15) is 9.00 Å². The fourth-order valence-electron chi connectivity index (χ4n) is 3.00. The molecular weight excluding hydrogens is 314 g/mol. The van der Waals surface area contributed by atoms with Gasteiger partial charge in [0.25, 0.3) is 5.91 Å². The Labute approximate surface area is 138 Å². The molecule has 23 heavy (non-hydrogen) atoms. The van der Waals surface area contributed by atoms with Crippen LogP contribution in [0.5, 0.6) is 0 Å². The first-order valence-electron chi connectivity index (χ1n) is 8.35. The highest BCUT2D eigenvalue weighted by Crippen LogP contribution is 2.32. The molecule has 2 heterocycles. The van der Waals surface area contributed by atoms with Crippen molar-refractivity contribution < 1.29 is 13.4 Å². The summed E-state index contributed by atoms with van der Waals surface area (Å²) in [4.78, 5) is 11.7. The van der Waals surface area contributed by atoms with Crippen LogP contribution in [0.1, 0.15) is 74.4 Å². The van der Waals surface area contributed by atoms with Gasteiger partial charge in [0.05, 0.1) is 0 Å². The summed E-state index contributed by atoms with van der Waals surface area (Å²) in [5.74, 6) is -0.510. The van der Waals surface area contributed by atoms with Crippen LogP contribution < -0.4 is 5.73 Å². The first-order chi connectivity index (χ1) is 10.9. The lowest BCUT2D eigenvalue weighted by Gasteiger charge is -2.15. The van der Waals surface area contributed by atoms with Gasteiger partial charge in [0, 0.05) is 18.7 Å². The molecule has 7 heteroatoms. The van der Waals surface area contributed by atoms with Crippen LogP contribution >= 0.6 is 0 Å². The third-order valence-electron chi connectivity index (χ3n) is 4.43. The average Bonchev–Trinajstić information content (AvgIpc) is 3.17. The molecule has 1 fully saturated rings. The maximum absolute atomic E-state index is 12.8. The van der Waals surface area contributed by atoms with Crippen molar-refractivity contribution in [1.29, 1.82) is 4.78 Å². The largest absolute Gasteiger partial charge is 0.440 e. The molecule has 6 nitrogen and oxygen atoms in total. The molecule has 3 N–H and O–H groups in total. The van der Waals surface area contributed by atoms with Crippen LogP contribution in [0.25, 0.3) is 0 Å². The Morgan fingerprint density at radius 1 is 1.43 bits per heavy atom. The number of primary amides is 1. The summed E-state index contributed by atoms with van der Waals surface area (Å²) in [6.45, 7) is 5.39. The van der Waals surface area contributed by atoms with E-state index in [1.54, 1.807) is 10.4 Å². The van der Waals surface area contributed by atoms with E-state index in [-0.39, 0.29) is 16.8 Å². The van der Waals surface area contributed by atoms with Crippen molar-refractivity contribution in [3.8, 4) is 0 Å². The second kappa shape index (κ2) is 7.49. The van der Waals surface area contributed by atoms with Gasteiger partial charge in [-0.15, -0.1) is 0 Å². The molecule has 1 aliphatic rings. The molecule has 0 radical (unpaired) electrons. The average molecular weight is 341 g/mol. The molecule has 2 rings (SSSR count). The van der Waals surface area contributed by atoms with Gasteiger partial charge in [0.1, 0.15) is 0 Å². The van der Waals surface area contributed by atoms with Gasteiger partial charge in [0.15, 0.2) is 15.7 Å². The minimum atomic E-state index is -3.17. The van der Waals surface area contributed by atoms with E-state index in [1.807, 2.05) is 6.92 Å².